The van der Waals surface area contributed by atoms with Crippen LogP contribution in [0.2, 0.25) is 0 Å². The first-order valence-electron chi connectivity index (χ1n) is 5.88. The second kappa shape index (κ2) is 5.04. The topological polar surface area (TPSA) is 46.6 Å². The normalized spacial score (nSPS) is 15.7. The summed E-state index contributed by atoms with van der Waals surface area (Å²) in [7, 11) is 0. The molecule has 18 heavy (non-hydrogen) atoms. The van der Waals surface area contributed by atoms with Crippen molar-refractivity contribution in [1.29, 1.82) is 0 Å². The summed E-state index contributed by atoms with van der Waals surface area (Å²) in [5, 5.41) is 0. The number of esters is 1. The molecular weight excluding hydrogens is 230 g/mol. The number of benzene rings is 1. The summed E-state index contributed by atoms with van der Waals surface area (Å²) in [5.41, 5.74) is 2.58. The van der Waals surface area contributed by atoms with E-state index in [1.807, 2.05) is 24.3 Å². The molecule has 1 aromatic rings. The van der Waals surface area contributed by atoms with E-state index in [4.69, 9.17) is 4.74 Å². The fraction of sp³-hybridized carbons (Fsp3) is 0.286. The number of ether oxygens (including phenoxy) is 1. The van der Waals surface area contributed by atoms with E-state index in [0.29, 0.717) is 13.2 Å². The SMILES string of the molecule is CCOC(=O)/C=C1/CN(C(C)=O)c2ccccc21. The van der Waals surface area contributed by atoms with Gasteiger partial charge in [-0.05, 0) is 18.6 Å². The van der Waals surface area contributed by atoms with Crippen molar-refractivity contribution in [3.8, 4) is 0 Å². The minimum absolute atomic E-state index is 0.0327. The first-order chi connectivity index (χ1) is 8.63. The predicted molar refractivity (Wildman–Crippen MR) is 69.1 cm³/mol. The maximum absolute atomic E-state index is 11.5. The van der Waals surface area contributed by atoms with Crippen LogP contribution in [0.4, 0.5) is 5.69 Å². The Morgan fingerprint density at radius 2 is 2.11 bits per heavy atom. The smallest absolute Gasteiger partial charge is 0.331 e. The zero-order valence-electron chi connectivity index (χ0n) is 10.5. The third-order valence-electron chi connectivity index (χ3n) is 2.83. The van der Waals surface area contributed by atoms with Crippen molar-refractivity contribution in [1.82, 2.24) is 0 Å². The molecule has 0 radical (unpaired) electrons. The molecule has 0 fully saturated rings. The molecule has 0 saturated heterocycles. The summed E-state index contributed by atoms with van der Waals surface area (Å²) < 4.78 is 4.90. The predicted octanol–water partition coefficient (Wildman–Crippen LogP) is 2.00. The van der Waals surface area contributed by atoms with Gasteiger partial charge in [-0.1, -0.05) is 18.2 Å². The molecule has 1 heterocycles. The summed E-state index contributed by atoms with van der Waals surface area (Å²) >= 11 is 0. The second-order valence-corrected chi connectivity index (χ2v) is 4.04. The lowest BCUT2D eigenvalue weighted by atomic mass is 10.1. The molecule has 2 rings (SSSR count). The molecule has 0 aromatic heterocycles. The van der Waals surface area contributed by atoms with Gasteiger partial charge in [0, 0.05) is 18.6 Å². The lowest BCUT2D eigenvalue weighted by Gasteiger charge is -2.13. The van der Waals surface area contributed by atoms with Crippen LogP contribution in [0.25, 0.3) is 5.57 Å². The zero-order valence-corrected chi connectivity index (χ0v) is 10.5. The third-order valence-corrected chi connectivity index (χ3v) is 2.83. The number of carbonyl (C=O) groups is 2. The quantitative estimate of drug-likeness (QED) is 0.591. The van der Waals surface area contributed by atoms with Crippen LogP contribution in [0, 0.1) is 0 Å². The summed E-state index contributed by atoms with van der Waals surface area (Å²) in [5.74, 6) is -0.401. The van der Waals surface area contributed by atoms with Crippen LogP contribution >= 0.6 is 0 Å². The van der Waals surface area contributed by atoms with Crippen LogP contribution in [0.3, 0.4) is 0 Å². The standard InChI is InChI=1S/C14H15NO3/c1-3-18-14(17)8-11-9-15(10(2)16)13-7-5-4-6-12(11)13/h4-8H,3,9H2,1-2H3/b11-8-. The number of carbonyl (C=O) groups excluding carboxylic acids is 2. The Kier molecular flexibility index (Phi) is 3.46. The fourth-order valence-electron chi connectivity index (χ4n) is 2.05. The summed E-state index contributed by atoms with van der Waals surface area (Å²) in [6.07, 6.45) is 1.46. The number of para-hydroxylation sites is 1. The number of hydrogen-bond donors (Lipinski definition) is 0. The van der Waals surface area contributed by atoms with E-state index in [1.165, 1.54) is 13.0 Å². The zero-order chi connectivity index (χ0) is 13.1. The van der Waals surface area contributed by atoms with Crippen LogP contribution in [0.15, 0.2) is 30.3 Å². The Morgan fingerprint density at radius 3 is 2.78 bits per heavy atom. The summed E-state index contributed by atoms with van der Waals surface area (Å²) in [4.78, 5) is 24.7. The molecule has 0 saturated carbocycles. The molecule has 0 spiro atoms. The number of nitrogens with zero attached hydrogens (tertiary/aromatic N) is 1. The lowest BCUT2D eigenvalue weighted by molar-refractivity contribution is -0.137. The van der Waals surface area contributed by atoms with Gasteiger partial charge in [0.1, 0.15) is 0 Å². The van der Waals surface area contributed by atoms with E-state index in [0.717, 1.165) is 16.8 Å². The largest absolute Gasteiger partial charge is 0.463 e. The van der Waals surface area contributed by atoms with Crippen LogP contribution in [-0.4, -0.2) is 25.0 Å². The van der Waals surface area contributed by atoms with Gasteiger partial charge in [0.2, 0.25) is 5.91 Å². The van der Waals surface area contributed by atoms with E-state index in [9.17, 15) is 9.59 Å². The molecule has 0 bridgehead atoms. The third kappa shape index (κ3) is 2.27. The van der Waals surface area contributed by atoms with Gasteiger partial charge in [0.05, 0.1) is 18.8 Å². The van der Waals surface area contributed by atoms with Crippen molar-refractivity contribution in [2.45, 2.75) is 13.8 Å². The fourth-order valence-corrected chi connectivity index (χ4v) is 2.05. The maximum Gasteiger partial charge on any atom is 0.331 e. The highest BCUT2D eigenvalue weighted by atomic mass is 16.5. The molecule has 0 N–H and O–H groups in total. The van der Waals surface area contributed by atoms with Gasteiger partial charge in [0.25, 0.3) is 0 Å². The van der Waals surface area contributed by atoms with Gasteiger partial charge in [0.15, 0.2) is 0 Å². The molecule has 0 aliphatic carbocycles. The van der Waals surface area contributed by atoms with Crippen molar-refractivity contribution in [2.24, 2.45) is 0 Å². The minimum Gasteiger partial charge on any atom is -0.463 e. The first kappa shape index (κ1) is 12.4. The summed E-state index contributed by atoms with van der Waals surface area (Å²) in [6, 6.07) is 7.55. The highest BCUT2D eigenvalue weighted by Gasteiger charge is 2.26. The highest BCUT2D eigenvalue weighted by molar-refractivity contribution is 6.05. The van der Waals surface area contributed by atoms with E-state index in [-0.39, 0.29) is 11.9 Å². The van der Waals surface area contributed by atoms with Crippen LogP contribution in [-0.2, 0) is 14.3 Å². The minimum atomic E-state index is -0.368. The Balaban J connectivity index is 2.37. The van der Waals surface area contributed by atoms with Gasteiger partial charge in [-0.15, -0.1) is 0 Å². The molecular formula is C14H15NO3. The molecule has 1 amide bonds. The van der Waals surface area contributed by atoms with Gasteiger partial charge < -0.3 is 9.64 Å². The average molecular weight is 245 g/mol. The lowest BCUT2D eigenvalue weighted by Crippen LogP contribution is -2.25. The maximum atomic E-state index is 11.5. The number of anilines is 1. The van der Waals surface area contributed by atoms with Crippen LogP contribution in [0.1, 0.15) is 19.4 Å². The Labute approximate surface area is 106 Å². The van der Waals surface area contributed by atoms with Crippen LogP contribution < -0.4 is 4.90 Å². The number of amides is 1. The van der Waals surface area contributed by atoms with Crippen molar-refractivity contribution < 1.29 is 14.3 Å². The Morgan fingerprint density at radius 1 is 1.39 bits per heavy atom. The molecule has 1 aliphatic rings. The number of rotatable bonds is 2. The Hall–Kier alpha value is -2.10. The van der Waals surface area contributed by atoms with E-state index < -0.39 is 0 Å². The molecule has 1 aromatic carbocycles. The number of fused-ring (bicyclic) bond motifs is 1. The van der Waals surface area contributed by atoms with Gasteiger partial charge in [-0.25, -0.2) is 4.79 Å². The van der Waals surface area contributed by atoms with Gasteiger partial charge >= 0.3 is 5.97 Å². The molecule has 4 heteroatoms. The van der Waals surface area contributed by atoms with Crippen molar-refractivity contribution >= 4 is 23.1 Å². The van der Waals surface area contributed by atoms with Crippen LogP contribution in [0.5, 0.6) is 0 Å². The van der Waals surface area contributed by atoms with Crippen molar-refractivity contribution in [2.75, 3.05) is 18.1 Å². The van der Waals surface area contributed by atoms with E-state index >= 15 is 0 Å². The summed E-state index contributed by atoms with van der Waals surface area (Å²) in [6.45, 7) is 4.05. The van der Waals surface area contributed by atoms with E-state index in [1.54, 1.807) is 11.8 Å². The second-order valence-electron chi connectivity index (χ2n) is 4.04. The first-order valence-corrected chi connectivity index (χ1v) is 5.88. The molecule has 4 nitrogen and oxygen atoms in total. The molecule has 1 aliphatic heterocycles. The molecule has 0 atom stereocenters. The van der Waals surface area contributed by atoms with Gasteiger partial charge in [-0.2, -0.15) is 0 Å². The monoisotopic (exact) mass is 245 g/mol. The number of hydrogen-bond acceptors (Lipinski definition) is 3. The highest BCUT2D eigenvalue weighted by Crippen LogP contribution is 2.35. The molecule has 0 unspecified atom stereocenters. The average Bonchev–Trinajstić information content (AvgIpc) is 2.69. The Bertz CT molecular complexity index is 520. The molecule has 94 valence electrons. The van der Waals surface area contributed by atoms with Crippen molar-refractivity contribution in [3.63, 3.8) is 0 Å². The van der Waals surface area contributed by atoms with Crippen molar-refractivity contribution in [3.05, 3.63) is 35.9 Å². The van der Waals surface area contributed by atoms with Gasteiger partial charge in [-0.3, -0.25) is 4.79 Å². The van der Waals surface area contributed by atoms with E-state index in [2.05, 4.69) is 0 Å².